The van der Waals surface area contributed by atoms with Crippen LogP contribution in [0.4, 0.5) is 0 Å². The highest BCUT2D eigenvalue weighted by Crippen LogP contribution is 2.12. The summed E-state index contributed by atoms with van der Waals surface area (Å²) < 4.78 is 4.99. The molecule has 1 fully saturated rings. The minimum absolute atomic E-state index is 0.337. The van der Waals surface area contributed by atoms with E-state index < -0.39 is 0 Å². The second kappa shape index (κ2) is 6.65. The number of likely N-dealkylation sites (tertiary alicyclic amines) is 1. The highest BCUT2D eigenvalue weighted by molar-refractivity contribution is 9.09. The minimum atomic E-state index is -0.383. The first kappa shape index (κ1) is 14.0. The SMILES string of the molecule is N=C(c1ccc(C(=O)OCCBr)cn1)N1CCCC1. The van der Waals surface area contributed by atoms with Crippen molar-refractivity contribution in [3.63, 3.8) is 0 Å². The van der Waals surface area contributed by atoms with Gasteiger partial charge in [-0.3, -0.25) is 10.4 Å². The normalized spacial score (nSPS) is 14.5. The summed E-state index contributed by atoms with van der Waals surface area (Å²) in [6.07, 6.45) is 3.72. The van der Waals surface area contributed by atoms with Crippen LogP contribution in [-0.4, -0.2) is 46.7 Å². The Morgan fingerprint density at radius 3 is 2.74 bits per heavy atom. The van der Waals surface area contributed by atoms with Crippen LogP contribution in [-0.2, 0) is 4.74 Å². The van der Waals surface area contributed by atoms with Crippen LogP contribution < -0.4 is 0 Å². The molecule has 0 atom stereocenters. The molecular formula is C13H16BrN3O2. The molecule has 5 nitrogen and oxygen atoms in total. The molecule has 0 aromatic carbocycles. The quantitative estimate of drug-likeness (QED) is 0.398. The molecule has 0 bridgehead atoms. The summed E-state index contributed by atoms with van der Waals surface area (Å²) in [5.74, 6) is 0.0454. The molecule has 19 heavy (non-hydrogen) atoms. The Morgan fingerprint density at radius 1 is 1.42 bits per heavy atom. The molecule has 6 heteroatoms. The van der Waals surface area contributed by atoms with E-state index in [0.717, 1.165) is 25.9 Å². The summed E-state index contributed by atoms with van der Waals surface area (Å²) in [5, 5.41) is 8.67. The molecule has 2 rings (SSSR count). The van der Waals surface area contributed by atoms with E-state index in [1.165, 1.54) is 6.20 Å². The average Bonchev–Trinajstić information content (AvgIpc) is 2.98. The zero-order chi connectivity index (χ0) is 13.7. The number of nitrogens with zero attached hydrogens (tertiary/aromatic N) is 2. The molecule has 0 saturated carbocycles. The largest absolute Gasteiger partial charge is 0.461 e. The van der Waals surface area contributed by atoms with Gasteiger partial charge in [0.2, 0.25) is 0 Å². The van der Waals surface area contributed by atoms with Gasteiger partial charge in [0.05, 0.1) is 5.56 Å². The fourth-order valence-electron chi connectivity index (χ4n) is 1.97. The van der Waals surface area contributed by atoms with Crippen molar-refractivity contribution in [2.24, 2.45) is 0 Å². The first-order chi connectivity index (χ1) is 9.22. The molecular weight excluding hydrogens is 310 g/mol. The van der Waals surface area contributed by atoms with Crippen molar-refractivity contribution in [1.29, 1.82) is 5.41 Å². The van der Waals surface area contributed by atoms with Crippen LogP contribution in [0.5, 0.6) is 0 Å². The topological polar surface area (TPSA) is 66.3 Å². The number of hydrogen-bond acceptors (Lipinski definition) is 4. The maximum absolute atomic E-state index is 11.6. The van der Waals surface area contributed by atoms with Crippen molar-refractivity contribution >= 4 is 27.7 Å². The number of esters is 1. The number of hydrogen-bond donors (Lipinski definition) is 1. The van der Waals surface area contributed by atoms with E-state index in [4.69, 9.17) is 10.1 Å². The van der Waals surface area contributed by atoms with Crippen LogP contribution in [0.1, 0.15) is 28.9 Å². The fraction of sp³-hybridized carbons (Fsp3) is 0.462. The van der Waals surface area contributed by atoms with Gasteiger partial charge in [0, 0.05) is 24.6 Å². The molecule has 102 valence electrons. The van der Waals surface area contributed by atoms with Gasteiger partial charge < -0.3 is 9.64 Å². The summed E-state index contributed by atoms with van der Waals surface area (Å²) in [4.78, 5) is 17.8. The Balaban J connectivity index is 2.01. The average molecular weight is 326 g/mol. The Hall–Kier alpha value is -1.43. The van der Waals surface area contributed by atoms with Crippen molar-refractivity contribution < 1.29 is 9.53 Å². The lowest BCUT2D eigenvalue weighted by Crippen LogP contribution is -2.28. The predicted octanol–water partition coefficient (Wildman–Crippen LogP) is 2.05. The van der Waals surface area contributed by atoms with Crippen LogP contribution >= 0.6 is 15.9 Å². The lowest BCUT2D eigenvalue weighted by molar-refractivity contribution is 0.0531. The van der Waals surface area contributed by atoms with Crippen molar-refractivity contribution in [1.82, 2.24) is 9.88 Å². The van der Waals surface area contributed by atoms with E-state index in [2.05, 4.69) is 20.9 Å². The Morgan fingerprint density at radius 2 is 2.16 bits per heavy atom. The Bertz CT molecular complexity index is 455. The summed E-state index contributed by atoms with van der Waals surface area (Å²) in [5.41, 5.74) is 1.01. The number of aromatic nitrogens is 1. The fourth-order valence-corrected chi connectivity index (χ4v) is 2.13. The standard InChI is InChI=1S/C13H16BrN3O2/c14-5-8-19-13(18)10-3-4-11(16-9-10)12(15)17-6-1-2-7-17/h3-4,9,15H,1-2,5-8H2. The number of carbonyl (C=O) groups is 1. The third-order valence-corrected chi connectivity index (χ3v) is 3.30. The van der Waals surface area contributed by atoms with Crippen molar-refractivity contribution in [2.75, 3.05) is 25.0 Å². The predicted molar refractivity (Wildman–Crippen MR) is 75.9 cm³/mol. The van der Waals surface area contributed by atoms with Crippen molar-refractivity contribution in [2.45, 2.75) is 12.8 Å². The Kier molecular flexibility index (Phi) is 4.90. The van der Waals surface area contributed by atoms with Gasteiger partial charge in [-0.15, -0.1) is 0 Å². The monoisotopic (exact) mass is 325 g/mol. The molecule has 0 spiro atoms. The molecule has 0 aliphatic carbocycles. The zero-order valence-corrected chi connectivity index (χ0v) is 12.1. The molecule has 0 radical (unpaired) electrons. The lowest BCUT2D eigenvalue weighted by Gasteiger charge is -2.17. The van der Waals surface area contributed by atoms with Gasteiger partial charge in [-0.05, 0) is 25.0 Å². The minimum Gasteiger partial charge on any atom is -0.461 e. The van der Waals surface area contributed by atoms with Gasteiger partial charge >= 0.3 is 5.97 Å². The number of nitrogens with one attached hydrogen (secondary N) is 1. The number of alkyl halides is 1. The highest BCUT2D eigenvalue weighted by Gasteiger charge is 2.17. The van der Waals surface area contributed by atoms with Gasteiger partial charge in [-0.1, -0.05) is 15.9 Å². The molecule has 1 aliphatic rings. The molecule has 1 aromatic rings. The first-order valence-corrected chi connectivity index (χ1v) is 7.37. The maximum atomic E-state index is 11.6. The van der Waals surface area contributed by atoms with E-state index in [1.54, 1.807) is 12.1 Å². The van der Waals surface area contributed by atoms with Gasteiger partial charge in [-0.2, -0.15) is 0 Å². The summed E-state index contributed by atoms with van der Waals surface area (Å²) >= 11 is 3.19. The Labute approximate surface area is 120 Å². The van der Waals surface area contributed by atoms with Gasteiger partial charge in [0.1, 0.15) is 18.1 Å². The van der Waals surface area contributed by atoms with Gasteiger partial charge in [-0.25, -0.2) is 4.79 Å². The van der Waals surface area contributed by atoms with E-state index in [0.29, 0.717) is 29.0 Å². The zero-order valence-electron chi connectivity index (χ0n) is 10.6. The number of pyridine rings is 1. The summed E-state index contributed by atoms with van der Waals surface area (Å²) in [7, 11) is 0. The molecule has 1 aromatic heterocycles. The van der Waals surface area contributed by atoms with Gasteiger partial charge in [0.15, 0.2) is 0 Å². The van der Waals surface area contributed by atoms with Crippen LogP contribution in [0.3, 0.4) is 0 Å². The van der Waals surface area contributed by atoms with E-state index in [9.17, 15) is 4.79 Å². The lowest BCUT2D eigenvalue weighted by atomic mass is 10.2. The highest BCUT2D eigenvalue weighted by atomic mass is 79.9. The number of rotatable bonds is 4. The second-order valence-corrected chi connectivity index (χ2v) is 5.09. The summed E-state index contributed by atoms with van der Waals surface area (Å²) in [6, 6.07) is 3.36. The molecule has 1 aliphatic heterocycles. The molecule has 1 saturated heterocycles. The van der Waals surface area contributed by atoms with E-state index >= 15 is 0 Å². The van der Waals surface area contributed by atoms with E-state index in [1.807, 2.05) is 4.90 Å². The molecule has 0 amide bonds. The maximum Gasteiger partial charge on any atom is 0.339 e. The smallest absolute Gasteiger partial charge is 0.339 e. The van der Waals surface area contributed by atoms with Crippen LogP contribution in [0, 0.1) is 5.41 Å². The first-order valence-electron chi connectivity index (χ1n) is 6.25. The number of ether oxygens (including phenoxy) is 1. The van der Waals surface area contributed by atoms with Crippen molar-refractivity contribution in [3.05, 3.63) is 29.6 Å². The third-order valence-electron chi connectivity index (χ3n) is 2.97. The summed E-state index contributed by atoms with van der Waals surface area (Å²) in [6.45, 7) is 2.16. The van der Waals surface area contributed by atoms with Gasteiger partial charge in [0.25, 0.3) is 0 Å². The third kappa shape index (κ3) is 3.53. The number of halogens is 1. The molecule has 0 unspecified atom stereocenters. The van der Waals surface area contributed by atoms with Crippen molar-refractivity contribution in [3.8, 4) is 0 Å². The van der Waals surface area contributed by atoms with Crippen LogP contribution in [0.25, 0.3) is 0 Å². The molecule has 1 N–H and O–H groups in total. The number of carbonyl (C=O) groups excluding carboxylic acids is 1. The molecule has 2 heterocycles. The van der Waals surface area contributed by atoms with E-state index in [-0.39, 0.29) is 5.97 Å². The van der Waals surface area contributed by atoms with Crippen LogP contribution in [0.15, 0.2) is 18.3 Å². The van der Waals surface area contributed by atoms with Crippen LogP contribution in [0.2, 0.25) is 0 Å². The number of amidine groups is 1. The second-order valence-electron chi connectivity index (χ2n) is 4.30.